The van der Waals surface area contributed by atoms with Gasteiger partial charge in [-0.2, -0.15) is 0 Å². The van der Waals surface area contributed by atoms with Crippen LogP contribution >= 0.6 is 0 Å². The third kappa shape index (κ3) is 4.48. The number of halogens is 2. The number of benzene rings is 1. The molecule has 0 radical (unpaired) electrons. The van der Waals surface area contributed by atoms with Crippen molar-refractivity contribution in [1.82, 2.24) is 0 Å². The Bertz CT molecular complexity index is 446. The highest BCUT2D eigenvalue weighted by atomic mass is 19.1. The molecule has 1 aliphatic carbocycles. The van der Waals surface area contributed by atoms with E-state index in [1.54, 1.807) is 0 Å². The van der Waals surface area contributed by atoms with Gasteiger partial charge in [-0.3, -0.25) is 0 Å². The monoisotopic (exact) mass is 297 g/mol. The molecule has 0 aliphatic heterocycles. The van der Waals surface area contributed by atoms with E-state index in [9.17, 15) is 8.78 Å². The van der Waals surface area contributed by atoms with Gasteiger partial charge in [-0.05, 0) is 43.7 Å². The normalized spacial score (nSPS) is 19.4. The zero-order chi connectivity index (χ0) is 15.2. The number of hydrogen-bond acceptors (Lipinski definition) is 2. The van der Waals surface area contributed by atoms with Crippen molar-refractivity contribution in [1.29, 1.82) is 0 Å². The van der Waals surface area contributed by atoms with E-state index >= 15 is 0 Å². The molecule has 2 N–H and O–H groups in total. The van der Waals surface area contributed by atoms with E-state index < -0.39 is 11.6 Å². The van der Waals surface area contributed by atoms with Gasteiger partial charge >= 0.3 is 0 Å². The Morgan fingerprint density at radius 2 is 1.95 bits per heavy atom. The molecular formula is C17H25F2NO. The van der Waals surface area contributed by atoms with Crippen LogP contribution in [0.3, 0.4) is 0 Å². The highest BCUT2D eigenvalue weighted by Crippen LogP contribution is 2.30. The molecule has 0 amide bonds. The van der Waals surface area contributed by atoms with E-state index in [0.717, 1.165) is 18.9 Å². The molecule has 0 spiro atoms. The molecule has 118 valence electrons. The molecule has 0 bridgehead atoms. The van der Waals surface area contributed by atoms with Crippen molar-refractivity contribution in [2.24, 2.45) is 11.7 Å². The lowest BCUT2D eigenvalue weighted by molar-refractivity contribution is -0.00925. The summed E-state index contributed by atoms with van der Waals surface area (Å²) in [6.45, 7) is 2.57. The first-order valence-corrected chi connectivity index (χ1v) is 7.93. The van der Waals surface area contributed by atoms with Crippen LogP contribution in [0.1, 0.15) is 44.6 Å². The van der Waals surface area contributed by atoms with Crippen LogP contribution in [0.2, 0.25) is 0 Å². The Hall–Kier alpha value is -1.00. The fourth-order valence-electron chi connectivity index (χ4n) is 3.32. The largest absolute Gasteiger partial charge is 0.377 e. The summed E-state index contributed by atoms with van der Waals surface area (Å²) < 4.78 is 32.6. The van der Waals surface area contributed by atoms with E-state index in [1.165, 1.54) is 31.4 Å². The topological polar surface area (TPSA) is 35.2 Å². The van der Waals surface area contributed by atoms with Gasteiger partial charge in [0, 0.05) is 18.7 Å². The van der Waals surface area contributed by atoms with Gasteiger partial charge < -0.3 is 10.5 Å². The van der Waals surface area contributed by atoms with Crippen molar-refractivity contribution in [2.75, 3.05) is 6.61 Å². The second-order valence-corrected chi connectivity index (χ2v) is 5.92. The van der Waals surface area contributed by atoms with Crippen LogP contribution in [0.5, 0.6) is 0 Å². The highest BCUT2D eigenvalue weighted by Gasteiger charge is 2.29. The molecule has 0 heterocycles. The van der Waals surface area contributed by atoms with Crippen molar-refractivity contribution >= 4 is 0 Å². The maximum Gasteiger partial charge on any atom is 0.129 e. The lowest BCUT2D eigenvalue weighted by Gasteiger charge is -2.34. The zero-order valence-electron chi connectivity index (χ0n) is 12.7. The second kappa shape index (κ2) is 7.85. The Kier molecular flexibility index (Phi) is 6.12. The molecule has 1 aromatic carbocycles. The van der Waals surface area contributed by atoms with Gasteiger partial charge in [0.25, 0.3) is 0 Å². The van der Waals surface area contributed by atoms with Crippen molar-refractivity contribution in [2.45, 2.75) is 57.6 Å². The van der Waals surface area contributed by atoms with Gasteiger partial charge in [0.05, 0.1) is 6.10 Å². The summed E-state index contributed by atoms with van der Waals surface area (Å²) in [6.07, 6.45) is 6.30. The minimum absolute atomic E-state index is 0.0419. The van der Waals surface area contributed by atoms with E-state index in [2.05, 4.69) is 0 Å². The fourth-order valence-corrected chi connectivity index (χ4v) is 3.32. The van der Waals surface area contributed by atoms with Gasteiger partial charge in [-0.15, -0.1) is 0 Å². The number of ether oxygens (including phenoxy) is 1. The van der Waals surface area contributed by atoms with E-state index in [0.29, 0.717) is 24.5 Å². The van der Waals surface area contributed by atoms with Gasteiger partial charge in [0.1, 0.15) is 11.6 Å². The maximum atomic E-state index is 13.8. The van der Waals surface area contributed by atoms with Crippen molar-refractivity contribution < 1.29 is 13.5 Å². The van der Waals surface area contributed by atoms with E-state index in [1.807, 2.05) is 6.92 Å². The molecule has 1 saturated carbocycles. The predicted molar refractivity (Wildman–Crippen MR) is 80.0 cm³/mol. The van der Waals surface area contributed by atoms with Gasteiger partial charge in [-0.1, -0.05) is 25.3 Å². The van der Waals surface area contributed by atoms with Crippen LogP contribution in [0, 0.1) is 17.6 Å². The summed E-state index contributed by atoms with van der Waals surface area (Å²) >= 11 is 0. The highest BCUT2D eigenvalue weighted by molar-refractivity contribution is 5.20. The molecule has 0 saturated heterocycles. The van der Waals surface area contributed by atoms with E-state index in [-0.39, 0.29) is 12.1 Å². The molecule has 0 aromatic heterocycles. The summed E-state index contributed by atoms with van der Waals surface area (Å²) in [5, 5.41) is 0. The number of rotatable bonds is 6. The molecule has 2 rings (SSSR count). The van der Waals surface area contributed by atoms with Crippen LogP contribution < -0.4 is 5.73 Å². The first kappa shape index (κ1) is 16.4. The first-order chi connectivity index (χ1) is 10.1. The molecule has 4 heteroatoms. The predicted octanol–water partition coefficient (Wildman–Crippen LogP) is 3.82. The average Bonchev–Trinajstić information content (AvgIpc) is 2.48. The quantitative estimate of drug-likeness (QED) is 0.866. The summed E-state index contributed by atoms with van der Waals surface area (Å²) in [5.41, 5.74) is 6.75. The number of nitrogens with two attached hydrogens (primary N) is 1. The van der Waals surface area contributed by atoms with Crippen LogP contribution in [0.25, 0.3) is 0 Å². The molecule has 2 atom stereocenters. The van der Waals surface area contributed by atoms with E-state index in [4.69, 9.17) is 10.5 Å². The first-order valence-electron chi connectivity index (χ1n) is 7.93. The van der Waals surface area contributed by atoms with Crippen molar-refractivity contribution in [3.8, 4) is 0 Å². The Labute approximate surface area is 125 Å². The molecule has 1 aromatic rings. The van der Waals surface area contributed by atoms with Gasteiger partial charge in [0.15, 0.2) is 0 Å². The minimum atomic E-state index is -0.557. The maximum absolute atomic E-state index is 13.8. The van der Waals surface area contributed by atoms with Crippen molar-refractivity contribution in [3.05, 3.63) is 35.4 Å². The molecule has 2 unspecified atom stereocenters. The summed E-state index contributed by atoms with van der Waals surface area (Å²) in [7, 11) is 0. The SMILES string of the molecule is CCOC(C(N)Cc1ccc(F)cc1F)C1CCCCC1. The van der Waals surface area contributed by atoms with Gasteiger partial charge in [0.2, 0.25) is 0 Å². The zero-order valence-corrected chi connectivity index (χ0v) is 12.7. The Morgan fingerprint density at radius 3 is 2.57 bits per heavy atom. The summed E-state index contributed by atoms with van der Waals surface area (Å²) in [5.74, 6) is -0.625. The summed E-state index contributed by atoms with van der Waals surface area (Å²) in [4.78, 5) is 0. The smallest absolute Gasteiger partial charge is 0.129 e. The molecule has 2 nitrogen and oxygen atoms in total. The average molecular weight is 297 g/mol. The van der Waals surface area contributed by atoms with Crippen molar-refractivity contribution in [3.63, 3.8) is 0 Å². The fraction of sp³-hybridized carbons (Fsp3) is 0.647. The lowest BCUT2D eigenvalue weighted by Crippen LogP contribution is -2.44. The second-order valence-electron chi connectivity index (χ2n) is 5.92. The third-order valence-corrected chi connectivity index (χ3v) is 4.37. The molecular weight excluding hydrogens is 272 g/mol. The molecule has 21 heavy (non-hydrogen) atoms. The minimum Gasteiger partial charge on any atom is -0.377 e. The third-order valence-electron chi connectivity index (χ3n) is 4.37. The van der Waals surface area contributed by atoms with Crippen LogP contribution in [-0.2, 0) is 11.2 Å². The molecule has 1 aliphatic rings. The standard InChI is InChI=1S/C17H25F2NO/c1-2-21-17(12-6-4-3-5-7-12)16(20)10-13-8-9-14(18)11-15(13)19/h8-9,11-12,16-17H,2-7,10,20H2,1H3. The Morgan fingerprint density at radius 1 is 1.24 bits per heavy atom. The number of hydrogen-bond donors (Lipinski definition) is 1. The van der Waals surface area contributed by atoms with Crippen LogP contribution in [0.15, 0.2) is 18.2 Å². The van der Waals surface area contributed by atoms with Crippen LogP contribution in [-0.4, -0.2) is 18.8 Å². The lowest BCUT2D eigenvalue weighted by atomic mass is 9.81. The summed E-state index contributed by atoms with van der Waals surface area (Å²) in [6, 6.07) is 3.42. The Balaban J connectivity index is 2.04. The van der Waals surface area contributed by atoms with Crippen LogP contribution in [0.4, 0.5) is 8.78 Å². The molecule has 1 fully saturated rings. The van der Waals surface area contributed by atoms with Gasteiger partial charge in [-0.25, -0.2) is 8.78 Å².